The predicted molar refractivity (Wildman–Crippen MR) is 126 cm³/mol. The van der Waals surface area contributed by atoms with Crippen LogP contribution in [0.4, 0.5) is 4.79 Å². The third kappa shape index (κ3) is 8.57. The van der Waals surface area contributed by atoms with Crippen molar-refractivity contribution in [2.75, 3.05) is 39.4 Å². The van der Waals surface area contributed by atoms with Crippen molar-refractivity contribution in [3.8, 4) is 0 Å². The van der Waals surface area contributed by atoms with Gasteiger partial charge >= 0.3 is 6.03 Å². The Morgan fingerprint density at radius 3 is 2.39 bits per heavy atom. The molecule has 0 bridgehead atoms. The summed E-state index contributed by atoms with van der Waals surface area (Å²) in [6.45, 7) is 2.35. The van der Waals surface area contributed by atoms with Crippen LogP contribution in [0.3, 0.4) is 0 Å². The lowest BCUT2D eigenvalue weighted by atomic mass is 10.0. The lowest BCUT2D eigenvalue weighted by molar-refractivity contribution is -0.135. The lowest BCUT2D eigenvalue weighted by Gasteiger charge is -2.28. The van der Waals surface area contributed by atoms with Gasteiger partial charge in [0.05, 0.1) is 13.2 Å². The van der Waals surface area contributed by atoms with E-state index in [1.807, 2.05) is 60.7 Å². The molecule has 4 amide bonds. The summed E-state index contributed by atoms with van der Waals surface area (Å²) in [6, 6.07) is 18.3. The summed E-state index contributed by atoms with van der Waals surface area (Å²) in [4.78, 5) is 39.6. The van der Waals surface area contributed by atoms with E-state index >= 15 is 0 Å². The highest BCUT2D eigenvalue weighted by molar-refractivity contribution is 5.88. The van der Waals surface area contributed by atoms with Gasteiger partial charge in [0, 0.05) is 39.0 Å². The molecule has 1 atom stereocenters. The van der Waals surface area contributed by atoms with Crippen LogP contribution in [-0.4, -0.2) is 68.2 Å². The summed E-state index contributed by atoms with van der Waals surface area (Å²) in [5.74, 6) is -0.349. The van der Waals surface area contributed by atoms with Crippen molar-refractivity contribution < 1.29 is 19.1 Å². The predicted octanol–water partition coefficient (Wildman–Crippen LogP) is 1.50. The largest absolute Gasteiger partial charge is 0.378 e. The minimum atomic E-state index is -0.755. The van der Waals surface area contributed by atoms with Crippen LogP contribution < -0.4 is 16.0 Å². The van der Waals surface area contributed by atoms with Gasteiger partial charge in [-0.25, -0.2) is 4.79 Å². The summed E-state index contributed by atoms with van der Waals surface area (Å²) in [5, 5.41) is 8.45. The fourth-order valence-corrected chi connectivity index (χ4v) is 3.64. The van der Waals surface area contributed by atoms with Crippen LogP contribution in [0.5, 0.6) is 0 Å². The molecule has 1 saturated heterocycles. The second kappa shape index (κ2) is 13.2. The summed E-state index contributed by atoms with van der Waals surface area (Å²) in [7, 11) is 0. The van der Waals surface area contributed by atoms with Crippen molar-refractivity contribution in [3.05, 3.63) is 71.8 Å². The molecular weight excluding hydrogens is 420 g/mol. The number of urea groups is 1. The van der Waals surface area contributed by atoms with Gasteiger partial charge in [0.25, 0.3) is 0 Å². The smallest absolute Gasteiger partial charge is 0.315 e. The summed E-state index contributed by atoms with van der Waals surface area (Å²) in [6.07, 6.45) is 1.27. The molecule has 33 heavy (non-hydrogen) atoms. The van der Waals surface area contributed by atoms with Gasteiger partial charge < -0.3 is 25.6 Å². The molecule has 1 aliphatic rings. The highest BCUT2D eigenvalue weighted by atomic mass is 16.5. The Bertz CT molecular complexity index is 892. The number of hydrogen-bond acceptors (Lipinski definition) is 4. The summed E-state index contributed by atoms with van der Waals surface area (Å²) >= 11 is 0. The molecule has 8 heteroatoms. The number of rotatable bonds is 7. The summed E-state index contributed by atoms with van der Waals surface area (Å²) < 4.78 is 5.50. The molecule has 0 saturated carbocycles. The van der Waals surface area contributed by atoms with E-state index in [0.717, 1.165) is 11.1 Å². The first-order chi connectivity index (χ1) is 16.1. The quantitative estimate of drug-likeness (QED) is 0.593. The zero-order valence-electron chi connectivity index (χ0n) is 18.8. The molecule has 0 aliphatic carbocycles. The number of nitrogens with one attached hydrogen (secondary N) is 3. The fourth-order valence-electron chi connectivity index (χ4n) is 3.64. The van der Waals surface area contributed by atoms with Crippen LogP contribution in [0.15, 0.2) is 60.7 Å². The number of carbonyl (C=O) groups excluding carboxylic acids is 3. The SMILES string of the molecule is O=C1CCN(C(=O)[C@@H](Cc2ccccc2)NC(=O)NCCc2ccccc2)CCOCCN1. The molecule has 1 heterocycles. The van der Waals surface area contributed by atoms with Crippen LogP contribution >= 0.6 is 0 Å². The average Bonchev–Trinajstić information content (AvgIpc) is 2.84. The number of amides is 4. The van der Waals surface area contributed by atoms with Crippen molar-refractivity contribution >= 4 is 17.8 Å². The molecule has 176 valence electrons. The Morgan fingerprint density at radius 1 is 0.970 bits per heavy atom. The molecule has 0 unspecified atom stereocenters. The lowest BCUT2D eigenvalue weighted by Crippen LogP contribution is -2.53. The van der Waals surface area contributed by atoms with E-state index in [4.69, 9.17) is 4.74 Å². The van der Waals surface area contributed by atoms with Crippen molar-refractivity contribution in [1.29, 1.82) is 0 Å². The first-order valence-corrected chi connectivity index (χ1v) is 11.4. The Balaban J connectivity index is 1.63. The molecule has 3 N–H and O–H groups in total. The van der Waals surface area contributed by atoms with Crippen LogP contribution in [0.2, 0.25) is 0 Å². The van der Waals surface area contributed by atoms with E-state index in [1.165, 1.54) is 0 Å². The van der Waals surface area contributed by atoms with Crippen molar-refractivity contribution in [2.45, 2.75) is 25.3 Å². The third-order valence-corrected chi connectivity index (χ3v) is 5.42. The minimum Gasteiger partial charge on any atom is -0.378 e. The van der Waals surface area contributed by atoms with Gasteiger partial charge in [-0.05, 0) is 17.5 Å². The Kier molecular flexibility index (Phi) is 9.72. The Morgan fingerprint density at radius 2 is 1.67 bits per heavy atom. The zero-order valence-corrected chi connectivity index (χ0v) is 18.8. The molecule has 1 aliphatic heterocycles. The van der Waals surface area contributed by atoms with E-state index in [0.29, 0.717) is 45.7 Å². The minimum absolute atomic E-state index is 0.121. The van der Waals surface area contributed by atoms with Crippen LogP contribution in [0.25, 0.3) is 0 Å². The van der Waals surface area contributed by atoms with Crippen molar-refractivity contribution in [2.24, 2.45) is 0 Å². The van der Waals surface area contributed by atoms with Gasteiger partial charge in [0.1, 0.15) is 6.04 Å². The molecule has 2 aromatic rings. The summed E-state index contributed by atoms with van der Waals surface area (Å²) in [5.41, 5.74) is 2.07. The van der Waals surface area contributed by atoms with Crippen LogP contribution in [0.1, 0.15) is 17.5 Å². The van der Waals surface area contributed by atoms with Crippen LogP contribution in [0, 0.1) is 0 Å². The standard InChI is InChI=1S/C25H32N4O4/c30-23-12-15-29(16-18-33-17-14-26-23)24(31)22(19-21-9-5-2-6-10-21)28-25(32)27-13-11-20-7-3-1-4-8-20/h1-10,22H,11-19H2,(H,26,30)(H2,27,28,32)/t22-/m1/s1. The number of ether oxygens (including phenoxy) is 1. The van der Waals surface area contributed by atoms with E-state index in [9.17, 15) is 14.4 Å². The maximum absolute atomic E-state index is 13.4. The fraction of sp³-hybridized carbons (Fsp3) is 0.400. The van der Waals surface area contributed by atoms with E-state index in [2.05, 4.69) is 16.0 Å². The first-order valence-electron chi connectivity index (χ1n) is 11.4. The Labute approximate surface area is 194 Å². The van der Waals surface area contributed by atoms with Crippen molar-refractivity contribution in [1.82, 2.24) is 20.9 Å². The average molecular weight is 453 g/mol. The maximum Gasteiger partial charge on any atom is 0.315 e. The molecule has 0 radical (unpaired) electrons. The van der Waals surface area contributed by atoms with Gasteiger partial charge in [0.15, 0.2) is 0 Å². The van der Waals surface area contributed by atoms with Gasteiger partial charge in [-0.2, -0.15) is 0 Å². The number of benzene rings is 2. The molecule has 2 aromatic carbocycles. The highest BCUT2D eigenvalue weighted by Crippen LogP contribution is 2.08. The molecule has 0 aromatic heterocycles. The molecule has 3 rings (SSSR count). The zero-order chi connectivity index (χ0) is 23.3. The van der Waals surface area contributed by atoms with Gasteiger partial charge in [-0.1, -0.05) is 60.7 Å². The second-order valence-electron chi connectivity index (χ2n) is 7.92. The highest BCUT2D eigenvalue weighted by Gasteiger charge is 2.27. The van der Waals surface area contributed by atoms with E-state index in [-0.39, 0.29) is 24.8 Å². The number of nitrogens with zero attached hydrogens (tertiary/aromatic N) is 1. The second-order valence-corrected chi connectivity index (χ2v) is 7.92. The molecule has 0 spiro atoms. The molecule has 1 fully saturated rings. The third-order valence-electron chi connectivity index (χ3n) is 5.42. The number of carbonyl (C=O) groups is 3. The number of hydrogen-bond donors (Lipinski definition) is 3. The maximum atomic E-state index is 13.4. The van der Waals surface area contributed by atoms with Gasteiger partial charge in [0.2, 0.25) is 11.8 Å². The van der Waals surface area contributed by atoms with Gasteiger partial charge in [-0.3, -0.25) is 9.59 Å². The molecular formula is C25H32N4O4. The van der Waals surface area contributed by atoms with E-state index in [1.54, 1.807) is 4.90 Å². The monoisotopic (exact) mass is 452 g/mol. The van der Waals surface area contributed by atoms with Crippen molar-refractivity contribution in [3.63, 3.8) is 0 Å². The topological polar surface area (TPSA) is 99.8 Å². The normalized spacial score (nSPS) is 15.8. The van der Waals surface area contributed by atoms with Gasteiger partial charge in [-0.15, -0.1) is 0 Å². The van der Waals surface area contributed by atoms with Crippen LogP contribution in [-0.2, 0) is 27.2 Å². The molecule has 8 nitrogen and oxygen atoms in total. The van der Waals surface area contributed by atoms with E-state index < -0.39 is 12.1 Å². The first kappa shape index (κ1) is 24.3. The Hall–Kier alpha value is -3.39.